The van der Waals surface area contributed by atoms with Gasteiger partial charge >= 0.3 is 6.03 Å². The Morgan fingerprint density at radius 2 is 2.04 bits per heavy atom. The molecule has 1 unspecified atom stereocenters. The molecule has 130 valence electrons. The summed E-state index contributed by atoms with van der Waals surface area (Å²) in [5.74, 6) is 0.418. The third kappa shape index (κ3) is 3.53. The average molecular weight is 322 g/mol. The first-order valence-electron chi connectivity index (χ1n) is 9.22. The monoisotopic (exact) mass is 322 g/mol. The van der Waals surface area contributed by atoms with Crippen LogP contribution in [-0.4, -0.2) is 66.5 Å². The fourth-order valence-electron chi connectivity index (χ4n) is 4.06. The number of carbonyl (C=O) groups is 2. The van der Waals surface area contributed by atoms with Crippen molar-refractivity contribution in [1.29, 1.82) is 0 Å². The zero-order valence-corrected chi connectivity index (χ0v) is 14.3. The molecule has 3 aliphatic rings. The van der Waals surface area contributed by atoms with Gasteiger partial charge in [-0.05, 0) is 57.7 Å². The minimum Gasteiger partial charge on any atom is -0.323 e. The number of hydrogen-bond donors (Lipinski definition) is 2. The lowest BCUT2D eigenvalue weighted by Crippen LogP contribution is -2.55. The van der Waals surface area contributed by atoms with Crippen molar-refractivity contribution < 1.29 is 9.59 Å². The van der Waals surface area contributed by atoms with Gasteiger partial charge < -0.3 is 15.5 Å². The largest absolute Gasteiger partial charge is 0.325 e. The molecular formula is C17H30N4O2. The molecule has 3 saturated heterocycles. The van der Waals surface area contributed by atoms with Crippen molar-refractivity contribution in [3.05, 3.63) is 0 Å². The first-order chi connectivity index (χ1) is 11.1. The van der Waals surface area contributed by atoms with Gasteiger partial charge in [0.25, 0.3) is 5.91 Å². The van der Waals surface area contributed by atoms with Gasteiger partial charge in [0, 0.05) is 19.6 Å². The van der Waals surface area contributed by atoms with Crippen molar-refractivity contribution in [2.75, 3.05) is 39.3 Å². The maximum atomic E-state index is 12.9. The molecule has 0 aromatic carbocycles. The van der Waals surface area contributed by atoms with Crippen molar-refractivity contribution >= 4 is 11.9 Å². The lowest BCUT2D eigenvalue weighted by molar-refractivity contribution is -0.133. The molecule has 0 aromatic rings. The molecule has 0 aromatic heterocycles. The summed E-state index contributed by atoms with van der Waals surface area (Å²) < 4.78 is 0. The maximum Gasteiger partial charge on any atom is 0.325 e. The van der Waals surface area contributed by atoms with Crippen LogP contribution in [0.2, 0.25) is 0 Å². The fourth-order valence-corrected chi connectivity index (χ4v) is 4.06. The molecule has 2 N–H and O–H groups in total. The van der Waals surface area contributed by atoms with Gasteiger partial charge in [-0.1, -0.05) is 13.3 Å². The van der Waals surface area contributed by atoms with Crippen molar-refractivity contribution in [3.8, 4) is 0 Å². The Hall–Kier alpha value is -1.14. The van der Waals surface area contributed by atoms with E-state index in [1.54, 1.807) is 0 Å². The van der Waals surface area contributed by atoms with Crippen LogP contribution in [0.5, 0.6) is 0 Å². The van der Waals surface area contributed by atoms with Crippen LogP contribution in [0.4, 0.5) is 4.79 Å². The second kappa shape index (κ2) is 7.18. The Labute approximate surface area is 139 Å². The Bertz CT molecular complexity index is 440. The molecule has 23 heavy (non-hydrogen) atoms. The van der Waals surface area contributed by atoms with Crippen LogP contribution < -0.4 is 10.6 Å². The number of rotatable bonds is 5. The number of urea groups is 1. The van der Waals surface area contributed by atoms with Gasteiger partial charge in [0.05, 0.1) is 0 Å². The number of nitrogens with one attached hydrogen (secondary N) is 2. The number of unbranched alkanes of at least 4 members (excludes halogenated alkanes) is 1. The molecule has 1 atom stereocenters. The SMILES string of the molecule is CCCCN1CCC2(CC1)NC(=O)N(CC1CCCNC1)C2=O. The van der Waals surface area contributed by atoms with Crippen LogP contribution in [0.1, 0.15) is 45.4 Å². The van der Waals surface area contributed by atoms with Crippen LogP contribution in [0.25, 0.3) is 0 Å². The summed E-state index contributed by atoms with van der Waals surface area (Å²) in [7, 11) is 0. The molecule has 0 radical (unpaired) electrons. The topological polar surface area (TPSA) is 64.7 Å². The summed E-state index contributed by atoms with van der Waals surface area (Å²) in [4.78, 5) is 29.1. The number of amides is 3. The van der Waals surface area contributed by atoms with E-state index in [0.29, 0.717) is 12.5 Å². The number of carbonyl (C=O) groups excluding carboxylic acids is 2. The molecule has 3 rings (SSSR count). The highest BCUT2D eigenvalue weighted by atomic mass is 16.2. The van der Waals surface area contributed by atoms with E-state index in [1.807, 2.05) is 0 Å². The number of nitrogens with zero attached hydrogens (tertiary/aromatic N) is 2. The second-order valence-electron chi connectivity index (χ2n) is 7.34. The molecule has 3 aliphatic heterocycles. The summed E-state index contributed by atoms with van der Waals surface area (Å²) >= 11 is 0. The molecule has 3 heterocycles. The predicted molar refractivity (Wildman–Crippen MR) is 89.2 cm³/mol. The smallest absolute Gasteiger partial charge is 0.323 e. The summed E-state index contributed by atoms with van der Waals surface area (Å²) in [6, 6.07) is -0.178. The Morgan fingerprint density at radius 3 is 2.70 bits per heavy atom. The highest BCUT2D eigenvalue weighted by molar-refractivity contribution is 6.07. The Morgan fingerprint density at radius 1 is 1.26 bits per heavy atom. The fraction of sp³-hybridized carbons (Fsp3) is 0.882. The van der Waals surface area contributed by atoms with Crippen molar-refractivity contribution in [2.24, 2.45) is 5.92 Å². The van der Waals surface area contributed by atoms with Crippen molar-refractivity contribution in [2.45, 2.75) is 51.0 Å². The van der Waals surface area contributed by atoms with E-state index in [-0.39, 0.29) is 11.9 Å². The van der Waals surface area contributed by atoms with Crippen LogP contribution in [0.3, 0.4) is 0 Å². The zero-order chi connectivity index (χ0) is 16.3. The maximum absolute atomic E-state index is 12.9. The lowest BCUT2D eigenvalue weighted by atomic mass is 9.87. The lowest BCUT2D eigenvalue weighted by Gasteiger charge is -2.37. The van der Waals surface area contributed by atoms with Crippen molar-refractivity contribution in [1.82, 2.24) is 20.4 Å². The van der Waals surface area contributed by atoms with E-state index < -0.39 is 5.54 Å². The van der Waals surface area contributed by atoms with E-state index in [4.69, 9.17) is 0 Å². The molecule has 0 aliphatic carbocycles. The molecule has 3 fully saturated rings. The van der Waals surface area contributed by atoms with Crippen LogP contribution in [0, 0.1) is 5.92 Å². The van der Waals surface area contributed by atoms with E-state index in [9.17, 15) is 9.59 Å². The van der Waals surface area contributed by atoms with Gasteiger partial charge in [-0.2, -0.15) is 0 Å². The molecule has 0 bridgehead atoms. The summed E-state index contributed by atoms with van der Waals surface area (Å²) in [6.07, 6.45) is 6.13. The predicted octanol–water partition coefficient (Wildman–Crippen LogP) is 1.17. The summed E-state index contributed by atoms with van der Waals surface area (Å²) in [5, 5.41) is 6.38. The van der Waals surface area contributed by atoms with Gasteiger partial charge in [0.2, 0.25) is 0 Å². The number of hydrogen-bond acceptors (Lipinski definition) is 4. The third-order valence-corrected chi connectivity index (χ3v) is 5.62. The van der Waals surface area contributed by atoms with E-state index in [0.717, 1.165) is 58.4 Å². The number of piperidine rings is 2. The molecule has 1 spiro atoms. The Kier molecular flexibility index (Phi) is 5.21. The van der Waals surface area contributed by atoms with Crippen LogP contribution in [-0.2, 0) is 4.79 Å². The average Bonchev–Trinajstić information content (AvgIpc) is 2.80. The minimum absolute atomic E-state index is 0.0169. The van der Waals surface area contributed by atoms with E-state index >= 15 is 0 Å². The summed E-state index contributed by atoms with van der Waals surface area (Å²) in [6.45, 7) is 7.65. The number of likely N-dealkylation sites (tertiary alicyclic amines) is 1. The van der Waals surface area contributed by atoms with Gasteiger partial charge in [-0.3, -0.25) is 9.69 Å². The van der Waals surface area contributed by atoms with Crippen molar-refractivity contribution in [3.63, 3.8) is 0 Å². The first kappa shape index (κ1) is 16.7. The molecular weight excluding hydrogens is 292 g/mol. The number of imide groups is 1. The quantitative estimate of drug-likeness (QED) is 0.746. The molecule has 3 amide bonds. The summed E-state index contributed by atoms with van der Waals surface area (Å²) in [5.41, 5.74) is -0.623. The van der Waals surface area contributed by atoms with Gasteiger partial charge in [0.15, 0.2) is 0 Å². The zero-order valence-electron chi connectivity index (χ0n) is 14.3. The Balaban J connectivity index is 1.57. The van der Waals surface area contributed by atoms with E-state index in [1.165, 1.54) is 17.7 Å². The second-order valence-corrected chi connectivity index (χ2v) is 7.34. The minimum atomic E-state index is -0.623. The molecule has 0 saturated carbocycles. The molecule has 6 heteroatoms. The normalized spacial score (nSPS) is 28.4. The van der Waals surface area contributed by atoms with Gasteiger partial charge in [-0.15, -0.1) is 0 Å². The van der Waals surface area contributed by atoms with Gasteiger partial charge in [-0.25, -0.2) is 4.79 Å². The first-order valence-corrected chi connectivity index (χ1v) is 9.22. The third-order valence-electron chi connectivity index (χ3n) is 5.62. The molecule has 6 nitrogen and oxygen atoms in total. The van der Waals surface area contributed by atoms with Crippen LogP contribution >= 0.6 is 0 Å². The van der Waals surface area contributed by atoms with Gasteiger partial charge in [0.1, 0.15) is 5.54 Å². The van der Waals surface area contributed by atoms with E-state index in [2.05, 4.69) is 22.5 Å². The standard InChI is InChI=1S/C17H30N4O2/c1-2-3-9-20-10-6-17(7-11-20)15(22)21(16(23)19-17)13-14-5-4-8-18-12-14/h14,18H,2-13H2,1H3,(H,19,23). The highest BCUT2D eigenvalue weighted by Crippen LogP contribution is 2.30. The van der Waals surface area contributed by atoms with Crippen LogP contribution in [0.15, 0.2) is 0 Å². The highest BCUT2D eigenvalue weighted by Gasteiger charge is 2.52.